The fourth-order valence-corrected chi connectivity index (χ4v) is 6.16. The highest BCUT2D eigenvalue weighted by molar-refractivity contribution is 8.01. The number of thioether (sulfide) groups is 1. The first-order chi connectivity index (χ1) is 16.0. The summed E-state index contributed by atoms with van der Waals surface area (Å²) in [5, 5.41) is 14.2. The summed E-state index contributed by atoms with van der Waals surface area (Å²) in [5.74, 6) is -0.992. The van der Waals surface area contributed by atoms with E-state index in [2.05, 4.69) is 22.5 Å². The van der Waals surface area contributed by atoms with Crippen molar-refractivity contribution in [3.8, 4) is 0 Å². The molecule has 2 aliphatic rings. The second-order valence-electron chi connectivity index (χ2n) is 8.55. The fourth-order valence-electron chi connectivity index (χ4n) is 4.57. The molecule has 4 amide bonds. The number of carboxylic acids is 1. The molecule has 3 N–H and O–H groups in total. The Morgan fingerprint density at radius 3 is 2.52 bits per heavy atom. The number of thiazole rings is 1. The monoisotopic (exact) mass is 498 g/mol. The summed E-state index contributed by atoms with van der Waals surface area (Å²) in [4.78, 5) is 42.4. The third-order valence-electron chi connectivity index (χ3n) is 6.06. The number of urea groups is 2. The van der Waals surface area contributed by atoms with Crippen LogP contribution in [0.15, 0.2) is 10.4 Å². The van der Waals surface area contributed by atoms with Gasteiger partial charge in [0.1, 0.15) is 0 Å². The number of carboxylic acid groups (broad SMARTS) is 1. The SMILES string of the molecule is CCCO[C@H]1CC[C@H](N(C(=O)NC(=O)Nc2ncc(SCC(=O)O)s2)C2CCCCC2)CC1. The van der Waals surface area contributed by atoms with Gasteiger partial charge in [0.05, 0.1) is 22.3 Å². The van der Waals surface area contributed by atoms with E-state index in [9.17, 15) is 14.4 Å². The van der Waals surface area contributed by atoms with Crippen molar-refractivity contribution in [3.05, 3.63) is 6.20 Å². The fraction of sp³-hybridized carbons (Fsp3) is 0.727. The predicted octanol–water partition coefficient (Wildman–Crippen LogP) is 4.93. The Balaban J connectivity index is 1.57. The lowest BCUT2D eigenvalue weighted by Gasteiger charge is -2.42. The minimum absolute atomic E-state index is 0.0750. The maximum absolute atomic E-state index is 13.2. The van der Waals surface area contributed by atoms with Crippen LogP contribution in [0, 0.1) is 0 Å². The molecule has 184 valence electrons. The quantitative estimate of drug-likeness (QED) is 0.413. The Bertz CT molecular complexity index is 792. The third kappa shape index (κ3) is 8.15. The molecule has 3 rings (SSSR count). The van der Waals surface area contributed by atoms with E-state index in [4.69, 9.17) is 9.84 Å². The normalized spacial score (nSPS) is 21.4. The lowest BCUT2D eigenvalue weighted by atomic mass is 9.88. The summed E-state index contributed by atoms with van der Waals surface area (Å²) < 4.78 is 6.59. The van der Waals surface area contributed by atoms with E-state index in [1.807, 2.05) is 4.90 Å². The van der Waals surface area contributed by atoms with Crippen molar-refractivity contribution in [2.24, 2.45) is 0 Å². The number of ether oxygens (including phenoxy) is 1. The molecule has 33 heavy (non-hydrogen) atoms. The zero-order chi connectivity index (χ0) is 23.6. The molecule has 1 aromatic heterocycles. The zero-order valence-electron chi connectivity index (χ0n) is 19.1. The van der Waals surface area contributed by atoms with Gasteiger partial charge in [-0.15, -0.1) is 11.8 Å². The van der Waals surface area contributed by atoms with Gasteiger partial charge in [-0.05, 0) is 44.9 Å². The van der Waals surface area contributed by atoms with Crippen molar-refractivity contribution in [2.75, 3.05) is 17.7 Å². The van der Waals surface area contributed by atoms with Crippen LogP contribution in [-0.4, -0.2) is 63.6 Å². The Kier molecular flexibility index (Phi) is 10.3. The summed E-state index contributed by atoms with van der Waals surface area (Å²) in [6.45, 7) is 2.88. The molecule has 0 unspecified atom stereocenters. The molecule has 0 atom stereocenters. The van der Waals surface area contributed by atoms with Crippen molar-refractivity contribution < 1.29 is 24.2 Å². The van der Waals surface area contributed by atoms with Crippen molar-refractivity contribution in [3.63, 3.8) is 0 Å². The molecule has 0 aliphatic heterocycles. The molecule has 11 heteroatoms. The number of carbonyl (C=O) groups is 3. The average Bonchev–Trinajstić information content (AvgIpc) is 3.25. The number of nitrogens with zero attached hydrogens (tertiary/aromatic N) is 2. The molecule has 0 bridgehead atoms. The first-order valence-electron chi connectivity index (χ1n) is 11.8. The Morgan fingerprint density at radius 2 is 1.85 bits per heavy atom. The number of nitrogens with one attached hydrogen (secondary N) is 2. The topological polar surface area (TPSA) is 121 Å². The molecule has 9 nitrogen and oxygen atoms in total. The smallest absolute Gasteiger partial charge is 0.329 e. The highest BCUT2D eigenvalue weighted by atomic mass is 32.2. The van der Waals surface area contributed by atoms with Crippen LogP contribution < -0.4 is 10.6 Å². The number of imide groups is 1. The van der Waals surface area contributed by atoms with E-state index < -0.39 is 12.0 Å². The number of hydrogen-bond donors (Lipinski definition) is 3. The molecule has 1 aromatic rings. The van der Waals surface area contributed by atoms with Crippen LogP contribution in [0.1, 0.15) is 71.1 Å². The summed E-state index contributed by atoms with van der Waals surface area (Å²) >= 11 is 2.32. The van der Waals surface area contributed by atoms with Crippen LogP contribution in [0.5, 0.6) is 0 Å². The van der Waals surface area contributed by atoms with Crippen LogP contribution in [0.4, 0.5) is 14.7 Å². The number of amides is 4. The van der Waals surface area contributed by atoms with Gasteiger partial charge in [0.15, 0.2) is 5.13 Å². The zero-order valence-corrected chi connectivity index (χ0v) is 20.7. The minimum Gasteiger partial charge on any atom is -0.481 e. The van der Waals surface area contributed by atoms with E-state index in [1.54, 1.807) is 0 Å². The van der Waals surface area contributed by atoms with Gasteiger partial charge >= 0.3 is 18.0 Å². The van der Waals surface area contributed by atoms with Gasteiger partial charge in [-0.1, -0.05) is 37.5 Å². The van der Waals surface area contributed by atoms with Crippen LogP contribution >= 0.6 is 23.1 Å². The van der Waals surface area contributed by atoms with Crippen molar-refractivity contribution in [1.29, 1.82) is 0 Å². The van der Waals surface area contributed by atoms with Crippen LogP contribution in [0.3, 0.4) is 0 Å². The lowest BCUT2D eigenvalue weighted by Crippen LogP contribution is -2.55. The Hall–Kier alpha value is -1.85. The van der Waals surface area contributed by atoms with Gasteiger partial charge in [-0.3, -0.25) is 15.4 Å². The third-order valence-corrected chi connectivity index (χ3v) is 8.15. The molecular formula is C22H34N4O5S2. The average molecular weight is 499 g/mol. The number of rotatable bonds is 9. The molecule has 0 spiro atoms. The van der Waals surface area contributed by atoms with Gasteiger partial charge in [-0.2, -0.15) is 0 Å². The summed E-state index contributed by atoms with van der Waals surface area (Å²) in [7, 11) is 0. The number of anilines is 1. The first kappa shape index (κ1) is 25.8. The summed E-state index contributed by atoms with van der Waals surface area (Å²) in [6, 6.07) is -0.705. The first-order valence-corrected chi connectivity index (χ1v) is 13.6. The van der Waals surface area contributed by atoms with Crippen molar-refractivity contribution >= 4 is 46.3 Å². The van der Waals surface area contributed by atoms with Crippen LogP contribution in [-0.2, 0) is 9.53 Å². The molecule has 1 heterocycles. The van der Waals surface area contributed by atoms with Crippen LogP contribution in [0.25, 0.3) is 0 Å². The van der Waals surface area contributed by atoms with Gasteiger partial charge in [0, 0.05) is 18.7 Å². The number of hydrogen-bond acceptors (Lipinski definition) is 7. The minimum atomic E-state index is -0.917. The Labute approximate surface area is 203 Å². The summed E-state index contributed by atoms with van der Waals surface area (Å²) in [5.41, 5.74) is 0. The Morgan fingerprint density at radius 1 is 1.15 bits per heavy atom. The lowest BCUT2D eigenvalue weighted by molar-refractivity contribution is -0.133. The van der Waals surface area contributed by atoms with Gasteiger partial charge in [0.25, 0.3) is 0 Å². The highest BCUT2D eigenvalue weighted by Crippen LogP contribution is 2.32. The number of carbonyl (C=O) groups excluding carboxylic acids is 2. The van der Waals surface area contributed by atoms with E-state index in [0.29, 0.717) is 9.34 Å². The highest BCUT2D eigenvalue weighted by Gasteiger charge is 2.35. The maximum Gasteiger partial charge on any atom is 0.329 e. The molecule has 2 fully saturated rings. The van der Waals surface area contributed by atoms with Gasteiger partial charge in [0.2, 0.25) is 0 Å². The molecule has 0 aromatic carbocycles. The molecule has 0 radical (unpaired) electrons. The predicted molar refractivity (Wildman–Crippen MR) is 129 cm³/mol. The summed E-state index contributed by atoms with van der Waals surface area (Å²) in [6.07, 6.45) is 11.8. The molecular weight excluding hydrogens is 464 g/mol. The van der Waals surface area contributed by atoms with E-state index in [1.165, 1.54) is 24.0 Å². The van der Waals surface area contributed by atoms with Gasteiger partial charge in [-0.25, -0.2) is 14.6 Å². The van der Waals surface area contributed by atoms with Crippen molar-refractivity contribution in [2.45, 2.75) is 93.5 Å². The number of aromatic nitrogens is 1. The molecule has 2 saturated carbocycles. The molecule has 2 aliphatic carbocycles. The second-order valence-corrected chi connectivity index (χ2v) is 10.9. The van der Waals surface area contributed by atoms with Crippen molar-refractivity contribution in [1.82, 2.24) is 15.2 Å². The number of aliphatic carboxylic acids is 1. The van der Waals surface area contributed by atoms with E-state index in [-0.39, 0.29) is 30.0 Å². The second kappa shape index (κ2) is 13.1. The standard InChI is InChI=1S/C22H34N4O5S2/c1-2-12-31-17-10-8-16(9-11-17)26(15-6-4-3-5-7-15)22(30)25-20(29)24-21-23-13-19(33-21)32-14-18(27)28/h13,15-17H,2-12,14H2,1H3,(H,27,28)(H2,23,24,25,29,30)/t16-,17-. The maximum atomic E-state index is 13.2. The van der Waals surface area contributed by atoms with Gasteiger partial charge < -0.3 is 14.7 Å². The molecule has 0 saturated heterocycles. The van der Waals surface area contributed by atoms with Crippen LogP contribution in [0.2, 0.25) is 0 Å². The van der Waals surface area contributed by atoms with E-state index >= 15 is 0 Å². The van der Waals surface area contributed by atoms with E-state index in [0.717, 1.165) is 76.2 Å². The largest absolute Gasteiger partial charge is 0.481 e.